The molecule has 2 aliphatic heterocycles. The fourth-order valence-corrected chi connectivity index (χ4v) is 3.70. The summed E-state index contributed by atoms with van der Waals surface area (Å²) in [6.07, 6.45) is 2.59. The predicted octanol–water partition coefficient (Wildman–Crippen LogP) is 1.82. The zero-order chi connectivity index (χ0) is 19.8. The standard InChI is InChI=1S/C20H33N5O2/c1-20(2,3)12-17(27)25-11-8-16-15(13-25)18(22-19(21-16)23(4)5)24-9-6-14(26)7-10-24/h14,26H,6-13H2,1-5H3. The molecule has 0 unspecified atom stereocenters. The molecule has 7 nitrogen and oxygen atoms in total. The Hall–Kier alpha value is -1.89. The van der Waals surface area contributed by atoms with Crippen LogP contribution in [0.1, 0.15) is 51.3 Å². The first kappa shape index (κ1) is 19.9. The summed E-state index contributed by atoms with van der Waals surface area (Å²) < 4.78 is 0. The Morgan fingerprint density at radius 3 is 2.44 bits per heavy atom. The molecular weight excluding hydrogens is 342 g/mol. The number of anilines is 2. The summed E-state index contributed by atoms with van der Waals surface area (Å²) in [5, 5.41) is 9.86. The van der Waals surface area contributed by atoms with Crippen molar-refractivity contribution in [2.24, 2.45) is 5.41 Å². The summed E-state index contributed by atoms with van der Waals surface area (Å²) in [6, 6.07) is 0. The summed E-state index contributed by atoms with van der Waals surface area (Å²) >= 11 is 0. The Bertz CT molecular complexity index is 690. The van der Waals surface area contributed by atoms with E-state index in [1.165, 1.54) is 0 Å². The van der Waals surface area contributed by atoms with Crippen LogP contribution in [0.3, 0.4) is 0 Å². The minimum Gasteiger partial charge on any atom is -0.393 e. The lowest BCUT2D eigenvalue weighted by Gasteiger charge is -2.36. The van der Waals surface area contributed by atoms with E-state index in [0.717, 1.165) is 49.4 Å². The highest BCUT2D eigenvalue weighted by Crippen LogP contribution is 2.31. The fraction of sp³-hybridized carbons (Fsp3) is 0.750. The number of fused-ring (bicyclic) bond motifs is 1. The van der Waals surface area contributed by atoms with Crippen molar-refractivity contribution < 1.29 is 9.90 Å². The first-order valence-electron chi connectivity index (χ1n) is 9.92. The Balaban J connectivity index is 1.90. The molecule has 0 spiro atoms. The molecule has 0 bridgehead atoms. The van der Waals surface area contributed by atoms with Gasteiger partial charge in [0.25, 0.3) is 0 Å². The molecule has 1 N–H and O–H groups in total. The minimum absolute atomic E-state index is 0.0194. The van der Waals surface area contributed by atoms with Crippen LogP contribution in [0, 0.1) is 5.41 Å². The number of rotatable bonds is 3. The highest BCUT2D eigenvalue weighted by molar-refractivity contribution is 5.77. The van der Waals surface area contributed by atoms with Gasteiger partial charge in [-0.1, -0.05) is 20.8 Å². The van der Waals surface area contributed by atoms with E-state index < -0.39 is 0 Å². The van der Waals surface area contributed by atoms with Gasteiger partial charge in [0.05, 0.1) is 18.3 Å². The number of carbonyl (C=O) groups is 1. The van der Waals surface area contributed by atoms with E-state index in [1.807, 2.05) is 23.9 Å². The molecule has 3 heterocycles. The minimum atomic E-state index is -0.225. The van der Waals surface area contributed by atoms with Crippen LogP contribution in [-0.4, -0.2) is 65.7 Å². The van der Waals surface area contributed by atoms with Crippen molar-refractivity contribution in [3.8, 4) is 0 Å². The molecule has 0 atom stereocenters. The molecule has 1 fully saturated rings. The number of amides is 1. The van der Waals surface area contributed by atoms with Crippen LogP contribution in [0.2, 0.25) is 0 Å². The fourth-order valence-electron chi connectivity index (χ4n) is 3.70. The van der Waals surface area contributed by atoms with Gasteiger partial charge in [0.2, 0.25) is 11.9 Å². The van der Waals surface area contributed by atoms with Crippen molar-refractivity contribution in [2.45, 2.75) is 59.1 Å². The van der Waals surface area contributed by atoms with Crippen LogP contribution < -0.4 is 9.80 Å². The molecule has 150 valence electrons. The third kappa shape index (κ3) is 4.69. The highest BCUT2D eigenvalue weighted by atomic mass is 16.3. The first-order valence-corrected chi connectivity index (χ1v) is 9.92. The topological polar surface area (TPSA) is 72.8 Å². The molecule has 0 radical (unpaired) electrons. The van der Waals surface area contributed by atoms with E-state index in [2.05, 4.69) is 25.7 Å². The van der Waals surface area contributed by atoms with Crippen LogP contribution in [0.15, 0.2) is 0 Å². The molecule has 1 aromatic rings. The Kier molecular flexibility index (Phi) is 5.60. The monoisotopic (exact) mass is 375 g/mol. The van der Waals surface area contributed by atoms with Gasteiger partial charge in [-0.25, -0.2) is 4.98 Å². The molecule has 1 saturated heterocycles. The SMILES string of the molecule is CN(C)c1nc2c(c(N3CCC(O)CC3)n1)CN(C(=O)CC(C)(C)C)CC2. The van der Waals surface area contributed by atoms with Crippen LogP contribution in [0.5, 0.6) is 0 Å². The smallest absolute Gasteiger partial charge is 0.227 e. The zero-order valence-corrected chi connectivity index (χ0v) is 17.3. The Labute approximate surface area is 162 Å². The van der Waals surface area contributed by atoms with Crippen molar-refractivity contribution in [2.75, 3.05) is 43.5 Å². The van der Waals surface area contributed by atoms with Gasteiger partial charge in [0.15, 0.2) is 0 Å². The molecule has 27 heavy (non-hydrogen) atoms. The Morgan fingerprint density at radius 2 is 1.85 bits per heavy atom. The summed E-state index contributed by atoms with van der Waals surface area (Å²) in [5.74, 6) is 1.85. The first-order chi connectivity index (χ1) is 12.6. The second-order valence-electron chi connectivity index (χ2n) is 9.19. The normalized spacial score (nSPS) is 18.4. The molecule has 1 amide bonds. The van der Waals surface area contributed by atoms with Crippen molar-refractivity contribution in [3.63, 3.8) is 0 Å². The van der Waals surface area contributed by atoms with Crippen LogP contribution >= 0.6 is 0 Å². The van der Waals surface area contributed by atoms with Gasteiger partial charge < -0.3 is 19.8 Å². The number of nitrogens with zero attached hydrogens (tertiary/aromatic N) is 5. The van der Waals surface area contributed by atoms with Gasteiger partial charge in [0, 0.05) is 52.1 Å². The number of piperidine rings is 1. The predicted molar refractivity (Wildman–Crippen MR) is 107 cm³/mol. The Morgan fingerprint density at radius 1 is 1.19 bits per heavy atom. The summed E-state index contributed by atoms with van der Waals surface area (Å²) in [7, 11) is 3.90. The second-order valence-corrected chi connectivity index (χ2v) is 9.19. The van der Waals surface area contributed by atoms with Crippen LogP contribution in [0.4, 0.5) is 11.8 Å². The van der Waals surface area contributed by atoms with Crippen molar-refractivity contribution in [3.05, 3.63) is 11.3 Å². The van der Waals surface area contributed by atoms with E-state index in [-0.39, 0.29) is 17.4 Å². The van der Waals surface area contributed by atoms with Gasteiger partial charge in [-0.05, 0) is 18.3 Å². The van der Waals surface area contributed by atoms with E-state index >= 15 is 0 Å². The number of aromatic nitrogens is 2. The van der Waals surface area contributed by atoms with Crippen molar-refractivity contribution in [1.29, 1.82) is 0 Å². The largest absolute Gasteiger partial charge is 0.393 e. The van der Waals surface area contributed by atoms with Gasteiger partial charge in [-0.15, -0.1) is 0 Å². The number of hydrogen-bond donors (Lipinski definition) is 1. The molecule has 0 aromatic carbocycles. The lowest BCUT2D eigenvalue weighted by Crippen LogP contribution is -2.41. The summed E-state index contributed by atoms with van der Waals surface area (Å²) in [6.45, 7) is 9.15. The molecule has 0 aliphatic carbocycles. The number of carbonyl (C=O) groups excluding carboxylic acids is 1. The maximum atomic E-state index is 12.8. The third-order valence-corrected chi connectivity index (χ3v) is 5.22. The third-order valence-electron chi connectivity index (χ3n) is 5.22. The molecule has 3 rings (SSSR count). The van der Waals surface area contributed by atoms with Crippen molar-refractivity contribution >= 4 is 17.7 Å². The molecule has 1 aromatic heterocycles. The average Bonchev–Trinajstić information content (AvgIpc) is 2.59. The zero-order valence-electron chi connectivity index (χ0n) is 17.3. The van der Waals surface area contributed by atoms with Gasteiger partial charge in [-0.2, -0.15) is 4.98 Å². The average molecular weight is 376 g/mol. The lowest BCUT2D eigenvalue weighted by molar-refractivity contribution is -0.134. The van der Waals surface area contributed by atoms with E-state index in [4.69, 9.17) is 9.97 Å². The summed E-state index contributed by atoms with van der Waals surface area (Å²) in [4.78, 5) is 28.5. The van der Waals surface area contributed by atoms with Gasteiger partial charge in [-0.3, -0.25) is 4.79 Å². The quantitative estimate of drug-likeness (QED) is 0.869. The highest BCUT2D eigenvalue weighted by Gasteiger charge is 2.30. The van der Waals surface area contributed by atoms with E-state index in [1.54, 1.807) is 0 Å². The maximum absolute atomic E-state index is 12.8. The van der Waals surface area contributed by atoms with Crippen LogP contribution in [-0.2, 0) is 17.8 Å². The second kappa shape index (κ2) is 7.62. The van der Waals surface area contributed by atoms with Gasteiger partial charge >= 0.3 is 0 Å². The molecule has 0 saturated carbocycles. The van der Waals surface area contributed by atoms with E-state index in [0.29, 0.717) is 25.5 Å². The molecular formula is C20H33N5O2. The van der Waals surface area contributed by atoms with Crippen LogP contribution in [0.25, 0.3) is 0 Å². The van der Waals surface area contributed by atoms with Gasteiger partial charge in [0.1, 0.15) is 5.82 Å². The molecule has 7 heteroatoms. The number of aliphatic hydroxyl groups excluding tert-OH is 1. The maximum Gasteiger partial charge on any atom is 0.227 e. The number of hydrogen-bond acceptors (Lipinski definition) is 6. The molecule has 2 aliphatic rings. The number of aliphatic hydroxyl groups is 1. The summed E-state index contributed by atoms with van der Waals surface area (Å²) in [5.41, 5.74) is 2.11. The van der Waals surface area contributed by atoms with Crippen molar-refractivity contribution in [1.82, 2.24) is 14.9 Å². The lowest BCUT2D eigenvalue weighted by atomic mass is 9.91. The van der Waals surface area contributed by atoms with E-state index in [9.17, 15) is 9.90 Å².